The minimum Gasteiger partial charge on any atom is -0.353 e. The molecule has 1 aromatic carbocycles. The zero-order chi connectivity index (χ0) is 18.8. The molecule has 0 unspecified atom stereocenters. The molecule has 0 radical (unpaired) electrons. The van der Waals surface area contributed by atoms with Crippen molar-refractivity contribution in [1.29, 1.82) is 0 Å². The van der Waals surface area contributed by atoms with Gasteiger partial charge in [-0.15, -0.1) is 0 Å². The maximum absolute atomic E-state index is 12.7. The zero-order valence-corrected chi connectivity index (χ0v) is 16.3. The van der Waals surface area contributed by atoms with E-state index < -0.39 is 0 Å². The molecule has 1 saturated carbocycles. The van der Waals surface area contributed by atoms with Crippen LogP contribution in [-0.4, -0.2) is 59.9 Å². The fraction of sp³-hybridized carbons (Fsp3) is 0.636. The maximum atomic E-state index is 12.7. The predicted octanol–water partition coefficient (Wildman–Crippen LogP) is 2.59. The number of hydrogen-bond donors (Lipinski definition) is 1. The molecular formula is C22H31N3O2. The molecule has 27 heavy (non-hydrogen) atoms. The lowest BCUT2D eigenvalue weighted by Crippen LogP contribution is -2.51. The van der Waals surface area contributed by atoms with Crippen LogP contribution in [0.1, 0.15) is 54.4 Å². The third-order valence-corrected chi connectivity index (χ3v) is 6.28. The molecular weight excluding hydrogens is 338 g/mol. The molecule has 146 valence electrons. The van der Waals surface area contributed by atoms with Gasteiger partial charge in [0.25, 0.3) is 5.91 Å². The van der Waals surface area contributed by atoms with Crippen molar-refractivity contribution in [2.45, 2.75) is 57.5 Å². The van der Waals surface area contributed by atoms with Crippen molar-refractivity contribution in [2.75, 3.05) is 26.2 Å². The monoisotopic (exact) mass is 369 g/mol. The van der Waals surface area contributed by atoms with Gasteiger partial charge in [0.1, 0.15) is 0 Å². The SMILES string of the molecule is Cc1cccc(C(=O)N2CCC(N3CCC[C@H](C(=O)NC4CC4)C3)CC2)c1. The van der Waals surface area contributed by atoms with E-state index in [0.717, 1.165) is 75.8 Å². The van der Waals surface area contributed by atoms with Gasteiger partial charge in [-0.05, 0) is 64.1 Å². The van der Waals surface area contributed by atoms with Gasteiger partial charge in [-0.1, -0.05) is 17.7 Å². The summed E-state index contributed by atoms with van der Waals surface area (Å²) in [5, 5.41) is 3.17. The molecule has 0 spiro atoms. The Morgan fingerprint density at radius 2 is 1.81 bits per heavy atom. The second-order valence-corrected chi connectivity index (χ2v) is 8.51. The molecule has 3 fully saturated rings. The first-order valence-electron chi connectivity index (χ1n) is 10.5. The predicted molar refractivity (Wildman–Crippen MR) is 106 cm³/mol. The van der Waals surface area contributed by atoms with E-state index in [9.17, 15) is 9.59 Å². The number of nitrogens with zero attached hydrogens (tertiary/aromatic N) is 2. The van der Waals surface area contributed by atoms with Crippen molar-refractivity contribution in [3.8, 4) is 0 Å². The number of benzene rings is 1. The van der Waals surface area contributed by atoms with Gasteiger partial charge in [0.05, 0.1) is 5.92 Å². The Morgan fingerprint density at radius 3 is 2.52 bits per heavy atom. The molecule has 0 bridgehead atoms. The van der Waals surface area contributed by atoms with E-state index in [1.165, 1.54) is 0 Å². The summed E-state index contributed by atoms with van der Waals surface area (Å²) in [4.78, 5) is 29.7. The van der Waals surface area contributed by atoms with Crippen LogP contribution in [0.25, 0.3) is 0 Å². The molecule has 1 aliphatic carbocycles. The lowest BCUT2D eigenvalue weighted by Gasteiger charge is -2.42. The van der Waals surface area contributed by atoms with E-state index in [1.807, 2.05) is 36.1 Å². The van der Waals surface area contributed by atoms with E-state index >= 15 is 0 Å². The highest BCUT2D eigenvalue weighted by Gasteiger charge is 2.34. The number of aryl methyl sites for hydroxylation is 1. The van der Waals surface area contributed by atoms with Crippen LogP contribution in [0.15, 0.2) is 24.3 Å². The van der Waals surface area contributed by atoms with Gasteiger partial charge in [-0.3, -0.25) is 14.5 Å². The normalized spacial score (nSPS) is 24.6. The van der Waals surface area contributed by atoms with Gasteiger partial charge in [0.2, 0.25) is 5.91 Å². The first-order chi connectivity index (χ1) is 13.1. The van der Waals surface area contributed by atoms with Gasteiger partial charge in [0, 0.05) is 37.3 Å². The third-order valence-electron chi connectivity index (χ3n) is 6.28. The lowest BCUT2D eigenvalue weighted by atomic mass is 9.93. The smallest absolute Gasteiger partial charge is 0.253 e. The molecule has 5 heteroatoms. The number of carbonyl (C=O) groups excluding carboxylic acids is 2. The molecule has 0 aromatic heterocycles. The van der Waals surface area contributed by atoms with E-state index in [-0.39, 0.29) is 17.7 Å². The summed E-state index contributed by atoms with van der Waals surface area (Å²) in [5.41, 5.74) is 1.92. The van der Waals surface area contributed by atoms with Crippen molar-refractivity contribution >= 4 is 11.8 Å². The Labute approximate surface area is 162 Å². The topological polar surface area (TPSA) is 52.7 Å². The summed E-state index contributed by atoms with van der Waals surface area (Å²) in [6.45, 7) is 5.62. The first kappa shape index (κ1) is 18.5. The Balaban J connectivity index is 1.29. The number of nitrogens with one attached hydrogen (secondary N) is 1. The van der Waals surface area contributed by atoms with Gasteiger partial charge in [-0.2, -0.15) is 0 Å². The molecule has 4 rings (SSSR count). The van der Waals surface area contributed by atoms with E-state index in [0.29, 0.717) is 12.1 Å². The lowest BCUT2D eigenvalue weighted by molar-refractivity contribution is -0.127. The fourth-order valence-electron chi connectivity index (χ4n) is 4.49. The van der Waals surface area contributed by atoms with E-state index in [4.69, 9.17) is 0 Å². The van der Waals surface area contributed by atoms with E-state index in [1.54, 1.807) is 0 Å². The van der Waals surface area contributed by atoms with Crippen molar-refractivity contribution in [3.05, 3.63) is 35.4 Å². The molecule has 2 amide bonds. The van der Waals surface area contributed by atoms with Gasteiger partial charge >= 0.3 is 0 Å². The summed E-state index contributed by atoms with van der Waals surface area (Å²) < 4.78 is 0. The van der Waals surface area contributed by atoms with Crippen LogP contribution in [0, 0.1) is 12.8 Å². The summed E-state index contributed by atoms with van der Waals surface area (Å²) in [6.07, 6.45) is 6.43. The van der Waals surface area contributed by atoms with Gasteiger partial charge in [-0.25, -0.2) is 0 Å². The molecule has 2 aliphatic heterocycles. The number of amides is 2. The second kappa shape index (κ2) is 8.01. The highest BCUT2D eigenvalue weighted by atomic mass is 16.2. The van der Waals surface area contributed by atoms with Crippen LogP contribution in [0.2, 0.25) is 0 Å². The van der Waals surface area contributed by atoms with Crippen LogP contribution in [-0.2, 0) is 4.79 Å². The Morgan fingerprint density at radius 1 is 1.04 bits per heavy atom. The van der Waals surface area contributed by atoms with Crippen molar-refractivity contribution in [3.63, 3.8) is 0 Å². The van der Waals surface area contributed by atoms with Crippen molar-refractivity contribution in [1.82, 2.24) is 15.1 Å². The number of piperidine rings is 2. The molecule has 2 saturated heterocycles. The van der Waals surface area contributed by atoms with Crippen LogP contribution >= 0.6 is 0 Å². The zero-order valence-electron chi connectivity index (χ0n) is 16.3. The number of carbonyl (C=O) groups is 2. The molecule has 2 heterocycles. The largest absolute Gasteiger partial charge is 0.353 e. The highest BCUT2D eigenvalue weighted by Crippen LogP contribution is 2.26. The van der Waals surface area contributed by atoms with Crippen LogP contribution in [0.5, 0.6) is 0 Å². The Bertz CT molecular complexity index is 693. The quantitative estimate of drug-likeness (QED) is 0.888. The molecule has 1 aromatic rings. The van der Waals surface area contributed by atoms with Gasteiger partial charge in [0.15, 0.2) is 0 Å². The van der Waals surface area contributed by atoms with E-state index in [2.05, 4.69) is 10.2 Å². The molecule has 5 nitrogen and oxygen atoms in total. The Hall–Kier alpha value is -1.88. The maximum Gasteiger partial charge on any atom is 0.253 e. The number of hydrogen-bond acceptors (Lipinski definition) is 3. The summed E-state index contributed by atoms with van der Waals surface area (Å²) in [6, 6.07) is 8.81. The molecule has 1 N–H and O–H groups in total. The average molecular weight is 370 g/mol. The first-order valence-corrected chi connectivity index (χ1v) is 10.5. The fourth-order valence-corrected chi connectivity index (χ4v) is 4.49. The Kier molecular flexibility index (Phi) is 5.48. The number of rotatable bonds is 4. The van der Waals surface area contributed by atoms with Crippen LogP contribution in [0.4, 0.5) is 0 Å². The second-order valence-electron chi connectivity index (χ2n) is 8.51. The summed E-state index contributed by atoms with van der Waals surface area (Å²) >= 11 is 0. The van der Waals surface area contributed by atoms with Gasteiger partial charge < -0.3 is 10.2 Å². The minimum absolute atomic E-state index is 0.145. The highest BCUT2D eigenvalue weighted by molar-refractivity contribution is 5.94. The van der Waals surface area contributed by atoms with Crippen LogP contribution < -0.4 is 5.32 Å². The van der Waals surface area contributed by atoms with Crippen molar-refractivity contribution < 1.29 is 9.59 Å². The third kappa shape index (κ3) is 4.52. The standard InChI is InChI=1S/C22H31N3O2/c1-16-4-2-5-17(14-16)22(27)24-12-9-20(10-13-24)25-11-3-6-18(15-25)21(26)23-19-7-8-19/h2,4-5,14,18-20H,3,6-13,15H2,1H3,(H,23,26)/t18-/m0/s1. The molecule has 1 atom stereocenters. The summed E-state index contributed by atoms with van der Waals surface area (Å²) in [5.74, 6) is 0.554. The average Bonchev–Trinajstić information content (AvgIpc) is 3.51. The van der Waals surface area contributed by atoms with Crippen LogP contribution in [0.3, 0.4) is 0 Å². The molecule has 3 aliphatic rings. The summed E-state index contributed by atoms with van der Waals surface area (Å²) in [7, 11) is 0. The number of likely N-dealkylation sites (tertiary alicyclic amines) is 2. The van der Waals surface area contributed by atoms with Crippen molar-refractivity contribution in [2.24, 2.45) is 5.92 Å². The minimum atomic E-state index is 0.145.